The van der Waals surface area contributed by atoms with Gasteiger partial charge in [0.1, 0.15) is 0 Å². The van der Waals surface area contributed by atoms with E-state index < -0.39 is 4.92 Å². The fourth-order valence-electron chi connectivity index (χ4n) is 2.47. The Morgan fingerprint density at radius 1 is 1.44 bits per heavy atom. The third kappa shape index (κ3) is 1.85. The first-order valence-electron chi connectivity index (χ1n) is 5.95. The molecule has 1 aliphatic rings. The maximum Gasteiger partial charge on any atom is 0.270 e. The molecular weight excluding hydrogens is 232 g/mol. The SMILES string of the molecule is CCN1CC(C)(C)c2ccc([N+](=O)[O-])cc2C1=O. The molecule has 5 nitrogen and oxygen atoms in total. The average molecular weight is 248 g/mol. The van der Waals surface area contributed by atoms with Crippen LogP contribution in [-0.2, 0) is 5.41 Å². The minimum absolute atomic E-state index is 0.0316. The van der Waals surface area contributed by atoms with Crippen molar-refractivity contribution >= 4 is 11.6 Å². The van der Waals surface area contributed by atoms with E-state index in [0.717, 1.165) is 5.56 Å². The van der Waals surface area contributed by atoms with Crippen molar-refractivity contribution in [3.8, 4) is 0 Å². The van der Waals surface area contributed by atoms with E-state index in [0.29, 0.717) is 18.7 Å². The van der Waals surface area contributed by atoms with Crippen molar-refractivity contribution in [2.45, 2.75) is 26.2 Å². The first kappa shape index (κ1) is 12.5. The maximum absolute atomic E-state index is 12.2. The summed E-state index contributed by atoms with van der Waals surface area (Å²) < 4.78 is 0. The van der Waals surface area contributed by atoms with Gasteiger partial charge in [0.15, 0.2) is 0 Å². The molecule has 0 saturated carbocycles. The van der Waals surface area contributed by atoms with Crippen LogP contribution in [0.15, 0.2) is 18.2 Å². The lowest BCUT2D eigenvalue weighted by molar-refractivity contribution is -0.384. The monoisotopic (exact) mass is 248 g/mol. The number of rotatable bonds is 2. The number of fused-ring (bicyclic) bond motifs is 1. The zero-order chi connectivity index (χ0) is 13.5. The van der Waals surface area contributed by atoms with Gasteiger partial charge in [0, 0.05) is 30.6 Å². The van der Waals surface area contributed by atoms with Gasteiger partial charge in [-0.1, -0.05) is 19.9 Å². The summed E-state index contributed by atoms with van der Waals surface area (Å²) in [7, 11) is 0. The molecule has 0 saturated heterocycles. The lowest BCUT2D eigenvalue weighted by Crippen LogP contribution is -2.46. The zero-order valence-electron chi connectivity index (χ0n) is 10.8. The summed E-state index contributed by atoms with van der Waals surface area (Å²) in [4.78, 5) is 24.3. The summed E-state index contributed by atoms with van der Waals surface area (Å²) >= 11 is 0. The van der Waals surface area contributed by atoms with Crippen molar-refractivity contribution in [1.82, 2.24) is 4.90 Å². The van der Waals surface area contributed by atoms with Crippen LogP contribution >= 0.6 is 0 Å². The van der Waals surface area contributed by atoms with Gasteiger partial charge < -0.3 is 4.90 Å². The lowest BCUT2D eigenvalue weighted by Gasteiger charge is -2.38. The van der Waals surface area contributed by atoms with Crippen LogP contribution in [0, 0.1) is 10.1 Å². The normalized spacial score (nSPS) is 17.5. The molecule has 18 heavy (non-hydrogen) atoms. The first-order chi connectivity index (χ1) is 8.36. The molecule has 0 aliphatic carbocycles. The number of nitro benzene ring substituents is 1. The number of hydrogen-bond donors (Lipinski definition) is 0. The summed E-state index contributed by atoms with van der Waals surface area (Å²) in [5, 5.41) is 10.8. The van der Waals surface area contributed by atoms with Crippen LogP contribution in [0.25, 0.3) is 0 Å². The number of benzene rings is 1. The van der Waals surface area contributed by atoms with Crippen molar-refractivity contribution in [3.63, 3.8) is 0 Å². The lowest BCUT2D eigenvalue weighted by atomic mass is 9.78. The van der Waals surface area contributed by atoms with Gasteiger partial charge in [-0.2, -0.15) is 0 Å². The van der Waals surface area contributed by atoms with Gasteiger partial charge in [-0.3, -0.25) is 14.9 Å². The summed E-state index contributed by atoms with van der Waals surface area (Å²) in [5.41, 5.74) is 1.15. The molecule has 1 aromatic rings. The molecule has 1 amide bonds. The van der Waals surface area contributed by atoms with E-state index in [1.165, 1.54) is 12.1 Å². The highest BCUT2D eigenvalue weighted by atomic mass is 16.6. The highest BCUT2D eigenvalue weighted by Gasteiger charge is 2.36. The Kier molecular flexibility index (Phi) is 2.84. The van der Waals surface area contributed by atoms with Crippen LogP contribution < -0.4 is 0 Å². The Hall–Kier alpha value is -1.91. The van der Waals surface area contributed by atoms with E-state index in [-0.39, 0.29) is 17.0 Å². The van der Waals surface area contributed by atoms with Gasteiger partial charge >= 0.3 is 0 Å². The van der Waals surface area contributed by atoms with E-state index >= 15 is 0 Å². The zero-order valence-corrected chi connectivity index (χ0v) is 10.8. The van der Waals surface area contributed by atoms with Crippen molar-refractivity contribution in [3.05, 3.63) is 39.4 Å². The van der Waals surface area contributed by atoms with Crippen LogP contribution in [-0.4, -0.2) is 28.8 Å². The predicted molar refractivity (Wildman–Crippen MR) is 67.7 cm³/mol. The minimum atomic E-state index is -0.467. The van der Waals surface area contributed by atoms with E-state index in [4.69, 9.17) is 0 Å². The molecule has 2 rings (SSSR count). The second-order valence-electron chi connectivity index (χ2n) is 5.19. The van der Waals surface area contributed by atoms with Crippen LogP contribution in [0.4, 0.5) is 5.69 Å². The number of non-ortho nitro benzene ring substituents is 1. The summed E-state index contributed by atoms with van der Waals surface area (Å²) in [5.74, 6) is -0.115. The Labute approximate surface area is 106 Å². The molecule has 0 unspecified atom stereocenters. The summed E-state index contributed by atoms with van der Waals surface area (Å²) in [6.45, 7) is 7.27. The average Bonchev–Trinajstić information content (AvgIpc) is 2.33. The summed E-state index contributed by atoms with van der Waals surface area (Å²) in [6.07, 6.45) is 0. The van der Waals surface area contributed by atoms with Gasteiger partial charge in [0.2, 0.25) is 0 Å². The number of nitro groups is 1. The number of nitrogens with zero attached hydrogens (tertiary/aromatic N) is 2. The van der Waals surface area contributed by atoms with Gasteiger partial charge in [0.25, 0.3) is 11.6 Å². The van der Waals surface area contributed by atoms with E-state index in [1.54, 1.807) is 11.0 Å². The number of hydrogen-bond acceptors (Lipinski definition) is 3. The maximum atomic E-state index is 12.2. The molecule has 96 valence electrons. The number of amides is 1. The van der Waals surface area contributed by atoms with Crippen LogP contribution in [0.5, 0.6) is 0 Å². The molecule has 1 aromatic carbocycles. The largest absolute Gasteiger partial charge is 0.338 e. The molecular formula is C13H16N2O3. The van der Waals surface area contributed by atoms with Gasteiger partial charge in [-0.05, 0) is 12.5 Å². The molecule has 1 aliphatic heterocycles. The van der Waals surface area contributed by atoms with E-state index in [9.17, 15) is 14.9 Å². The Morgan fingerprint density at radius 2 is 2.11 bits per heavy atom. The molecule has 0 bridgehead atoms. The van der Waals surface area contributed by atoms with Crippen molar-refractivity contribution in [1.29, 1.82) is 0 Å². The van der Waals surface area contributed by atoms with Crippen molar-refractivity contribution < 1.29 is 9.72 Å². The highest BCUT2D eigenvalue weighted by Crippen LogP contribution is 2.34. The molecule has 5 heteroatoms. The fourth-order valence-corrected chi connectivity index (χ4v) is 2.47. The quantitative estimate of drug-likeness (QED) is 0.596. The van der Waals surface area contributed by atoms with Gasteiger partial charge in [-0.15, -0.1) is 0 Å². The molecule has 0 fully saturated rings. The molecule has 1 heterocycles. The topological polar surface area (TPSA) is 63.4 Å². The van der Waals surface area contributed by atoms with Crippen LogP contribution in [0.1, 0.15) is 36.7 Å². The molecule has 0 spiro atoms. The van der Waals surface area contributed by atoms with Crippen molar-refractivity contribution in [2.75, 3.05) is 13.1 Å². The van der Waals surface area contributed by atoms with Crippen LogP contribution in [0.2, 0.25) is 0 Å². The smallest absolute Gasteiger partial charge is 0.270 e. The fraction of sp³-hybridized carbons (Fsp3) is 0.462. The first-order valence-corrected chi connectivity index (χ1v) is 5.95. The third-order valence-corrected chi connectivity index (χ3v) is 3.43. The Bertz CT molecular complexity index is 523. The molecule has 0 atom stereocenters. The third-order valence-electron chi connectivity index (χ3n) is 3.43. The molecule has 0 aromatic heterocycles. The van der Waals surface area contributed by atoms with Crippen molar-refractivity contribution in [2.24, 2.45) is 0 Å². The number of carbonyl (C=O) groups is 1. The Morgan fingerprint density at radius 3 is 2.67 bits per heavy atom. The van der Waals surface area contributed by atoms with E-state index in [2.05, 4.69) is 0 Å². The van der Waals surface area contributed by atoms with Gasteiger partial charge in [-0.25, -0.2) is 0 Å². The highest BCUT2D eigenvalue weighted by molar-refractivity contribution is 5.98. The number of likely N-dealkylation sites (N-methyl/N-ethyl adjacent to an activating group) is 1. The minimum Gasteiger partial charge on any atom is -0.338 e. The Balaban J connectivity index is 2.59. The second-order valence-corrected chi connectivity index (χ2v) is 5.19. The molecule has 0 radical (unpaired) electrons. The summed E-state index contributed by atoms with van der Waals surface area (Å²) in [6, 6.07) is 4.56. The second kappa shape index (κ2) is 4.08. The van der Waals surface area contributed by atoms with Gasteiger partial charge in [0.05, 0.1) is 10.5 Å². The predicted octanol–water partition coefficient (Wildman–Crippen LogP) is 2.35. The standard InChI is InChI=1S/C13H16N2O3/c1-4-14-8-13(2,3)11-6-5-9(15(17)18)7-10(11)12(14)16/h5-7H,4,8H2,1-3H3. The molecule has 0 N–H and O–H groups in total. The van der Waals surface area contributed by atoms with E-state index in [1.807, 2.05) is 20.8 Å². The number of carbonyl (C=O) groups excluding carboxylic acids is 1. The van der Waals surface area contributed by atoms with Crippen LogP contribution in [0.3, 0.4) is 0 Å².